The lowest BCUT2D eigenvalue weighted by Gasteiger charge is -2.22. The fraction of sp³-hybridized carbons (Fsp3) is 0.385. The molecule has 2 heterocycles. The first-order valence-corrected chi connectivity index (χ1v) is 13.8. The maximum absolute atomic E-state index is 12.4. The summed E-state index contributed by atoms with van der Waals surface area (Å²) in [6, 6.07) is 17.2. The van der Waals surface area contributed by atoms with E-state index >= 15 is 0 Å². The Hall–Kier alpha value is -3.01. The molecule has 0 bridgehead atoms. The third kappa shape index (κ3) is 7.48. The second kappa shape index (κ2) is 11.6. The summed E-state index contributed by atoms with van der Waals surface area (Å²) in [5.74, 6) is 0.791. The third-order valence-electron chi connectivity index (χ3n) is 6.23. The molecule has 35 heavy (non-hydrogen) atoms. The predicted molar refractivity (Wildman–Crippen MR) is 139 cm³/mol. The van der Waals surface area contributed by atoms with Gasteiger partial charge in [-0.3, -0.25) is 0 Å². The highest BCUT2D eigenvalue weighted by atomic mass is 32.2. The Balaban J connectivity index is 1.40. The summed E-state index contributed by atoms with van der Waals surface area (Å²) in [5, 5.41) is 16.1. The van der Waals surface area contributed by atoms with Crippen molar-refractivity contribution in [2.24, 2.45) is 0 Å². The van der Waals surface area contributed by atoms with Crippen molar-refractivity contribution in [3.05, 3.63) is 71.9 Å². The van der Waals surface area contributed by atoms with E-state index < -0.39 is 10.0 Å². The molecule has 0 amide bonds. The number of aromatic hydroxyl groups is 1. The van der Waals surface area contributed by atoms with Crippen LogP contribution < -0.4 is 10.6 Å². The molecule has 0 aliphatic carbocycles. The zero-order chi connectivity index (χ0) is 24.7. The topological polar surface area (TPSA) is 107 Å². The highest BCUT2D eigenvalue weighted by molar-refractivity contribution is 7.88. The molecule has 1 aliphatic heterocycles. The predicted octanol–water partition coefficient (Wildman–Crippen LogP) is 3.41. The molecule has 1 saturated heterocycles. The van der Waals surface area contributed by atoms with Crippen LogP contribution in [0.25, 0.3) is 11.3 Å². The summed E-state index contributed by atoms with van der Waals surface area (Å²) in [4.78, 5) is 8.96. The summed E-state index contributed by atoms with van der Waals surface area (Å²) < 4.78 is 26.4. The molecular weight excluding hydrogens is 462 g/mol. The van der Waals surface area contributed by atoms with Crippen LogP contribution in [0.4, 0.5) is 5.95 Å². The molecule has 186 valence electrons. The van der Waals surface area contributed by atoms with Gasteiger partial charge in [-0.1, -0.05) is 30.3 Å². The van der Waals surface area contributed by atoms with Crippen LogP contribution in [0, 0.1) is 0 Å². The smallest absolute Gasteiger partial charge is 0.223 e. The van der Waals surface area contributed by atoms with Crippen LogP contribution in [0.2, 0.25) is 0 Å². The minimum Gasteiger partial charge on any atom is -0.508 e. The van der Waals surface area contributed by atoms with Gasteiger partial charge in [0, 0.05) is 37.4 Å². The lowest BCUT2D eigenvalue weighted by Crippen LogP contribution is -2.34. The Morgan fingerprint density at radius 2 is 1.97 bits per heavy atom. The third-order valence-corrected chi connectivity index (χ3v) is 7.48. The van der Waals surface area contributed by atoms with Crippen LogP contribution in [0.3, 0.4) is 0 Å². The number of phenolic OH excluding ortho intramolecular Hbond substituents is 1. The Morgan fingerprint density at radius 3 is 2.71 bits per heavy atom. The number of sulfonamides is 1. The van der Waals surface area contributed by atoms with Gasteiger partial charge in [0.05, 0.1) is 11.9 Å². The molecule has 1 atom stereocenters. The SMILES string of the molecule is CS(=O)(=O)N(CC[C@H]1CCCN1)Cc1cccc(-c2ccnc(NCCc3ccc(O)cc3)n2)c1. The molecule has 1 aliphatic rings. The van der Waals surface area contributed by atoms with Gasteiger partial charge in [0.25, 0.3) is 0 Å². The first kappa shape index (κ1) is 25.1. The first-order chi connectivity index (χ1) is 16.9. The van der Waals surface area contributed by atoms with Crippen LogP contribution >= 0.6 is 0 Å². The zero-order valence-electron chi connectivity index (χ0n) is 20.0. The largest absolute Gasteiger partial charge is 0.508 e. The van der Waals surface area contributed by atoms with Crippen molar-refractivity contribution >= 4 is 16.0 Å². The fourth-order valence-electron chi connectivity index (χ4n) is 4.28. The standard InChI is InChI=1S/C26H33N5O3S/c1-35(33,34)31(17-13-23-6-3-14-27-23)19-21-4-2-5-22(18-21)25-12-16-29-26(30-25)28-15-11-20-7-9-24(32)10-8-20/h2,4-5,7-10,12,16,18,23,27,32H,3,6,11,13-15,17,19H2,1H3,(H,28,29,30)/t23-/m1/s1. The van der Waals surface area contributed by atoms with Crippen molar-refractivity contribution in [1.82, 2.24) is 19.6 Å². The number of phenols is 1. The molecule has 0 spiro atoms. The molecule has 3 aromatic rings. The van der Waals surface area contributed by atoms with E-state index in [0.29, 0.717) is 31.6 Å². The summed E-state index contributed by atoms with van der Waals surface area (Å²) >= 11 is 0. The molecule has 0 radical (unpaired) electrons. The van der Waals surface area contributed by atoms with Gasteiger partial charge in [0.1, 0.15) is 5.75 Å². The van der Waals surface area contributed by atoms with E-state index in [1.165, 1.54) is 6.26 Å². The molecule has 9 heteroatoms. The van der Waals surface area contributed by atoms with E-state index in [1.54, 1.807) is 22.6 Å². The molecule has 0 saturated carbocycles. The van der Waals surface area contributed by atoms with Gasteiger partial charge in [-0.25, -0.2) is 18.4 Å². The number of rotatable bonds is 11. The van der Waals surface area contributed by atoms with Crippen molar-refractivity contribution in [1.29, 1.82) is 0 Å². The normalized spacial score (nSPS) is 16.0. The fourth-order valence-corrected chi connectivity index (χ4v) is 5.10. The molecule has 1 aromatic heterocycles. The van der Waals surface area contributed by atoms with Crippen molar-refractivity contribution in [2.75, 3.05) is 31.2 Å². The van der Waals surface area contributed by atoms with E-state index in [2.05, 4.69) is 20.6 Å². The minimum absolute atomic E-state index is 0.255. The van der Waals surface area contributed by atoms with Crippen LogP contribution in [-0.2, 0) is 23.0 Å². The number of benzene rings is 2. The van der Waals surface area contributed by atoms with E-state index in [4.69, 9.17) is 0 Å². The number of nitrogens with zero attached hydrogens (tertiary/aromatic N) is 3. The molecule has 0 unspecified atom stereocenters. The number of anilines is 1. The molecule has 4 rings (SSSR count). The van der Waals surface area contributed by atoms with Gasteiger partial charge in [0.15, 0.2) is 0 Å². The van der Waals surface area contributed by atoms with Crippen molar-refractivity contribution in [3.63, 3.8) is 0 Å². The lowest BCUT2D eigenvalue weighted by atomic mass is 10.1. The quantitative estimate of drug-likeness (QED) is 0.374. The van der Waals surface area contributed by atoms with Gasteiger partial charge < -0.3 is 15.7 Å². The van der Waals surface area contributed by atoms with Gasteiger partial charge in [-0.2, -0.15) is 4.31 Å². The maximum atomic E-state index is 12.4. The summed E-state index contributed by atoms with van der Waals surface area (Å²) in [5.41, 5.74) is 3.72. The molecular formula is C26H33N5O3S. The molecule has 1 fully saturated rings. The van der Waals surface area contributed by atoms with Crippen LogP contribution in [0.1, 0.15) is 30.4 Å². The monoisotopic (exact) mass is 495 g/mol. The average Bonchev–Trinajstić information content (AvgIpc) is 3.36. The van der Waals surface area contributed by atoms with Gasteiger partial charge >= 0.3 is 0 Å². The second-order valence-corrected chi connectivity index (χ2v) is 11.0. The minimum atomic E-state index is -3.32. The zero-order valence-corrected chi connectivity index (χ0v) is 20.8. The van der Waals surface area contributed by atoms with Crippen molar-refractivity contribution in [2.45, 2.75) is 38.3 Å². The number of hydrogen-bond donors (Lipinski definition) is 3. The van der Waals surface area contributed by atoms with Crippen LogP contribution in [0.15, 0.2) is 60.8 Å². The number of aromatic nitrogens is 2. The Labute approximate surface area is 207 Å². The van der Waals surface area contributed by atoms with Crippen molar-refractivity contribution < 1.29 is 13.5 Å². The molecule has 2 aromatic carbocycles. The lowest BCUT2D eigenvalue weighted by molar-refractivity contribution is 0.379. The Bertz CT molecular complexity index is 1210. The van der Waals surface area contributed by atoms with Gasteiger partial charge in [0.2, 0.25) is 16.0 Å². The molecule has 8 nitrogen and oxygen atoms in total. The van der Waals surface area contributed by atoms with E-state index in [0.717, 1.165) is 54.6 Å². The number of hydrogen-bond acceptors (Lipinski definition) is 7. The van der Waals surface area contributed by atoms with Crippen LogP contribution in [0.5, 0.6) is 5.75 Å². The van der Waals surface area contributed by atoms with Gasteiger partial charge in [-0.15, -0.1) is 0 Å². The highest BCUT2D eigenvalue weighted by Crippen LogP contribution is 2.21. The van der Waals surface area contributed by atoms with Gasteiger partial charge in [-0.05, 0) is 67.6 Å². The molecule has 3 N–H and O–H groups in total. The second-order valence-electron chi connectivity index (χ2n) is 8.99. The van der Waals surface area contributed by atoms with E-state index in [9.17, 15) is 13.5 Å². The maximum Gasteiger partial charge on any atom is 0.223 e. The number of nitrogens with one attached hydrogen (secondary N) is 2. The van der Waals surface area contributed by atoms with Crippen molar-refractivity contribution in [3.8, 4) is 17.0 Å². The Morgan fingerprint density at radius 1 is 1.14 bits per heavy atom. The average molecular weight is 496 g/mol. The summed E-state index contributed by atoms with van der Waals surface area (Å²) in [6.07, 6.45) is 6.85. The highest BCUT2D eigenvalue weighted by Gasteiger charge is 2.21. The first-order valence-electron chi connectivity index (χ1n) is 12.0. The van der Waals surface area contributed by atoms with E-state index in [-0.39, 0.29) is 5.75 Å². The van der Waals surface area contributed by atoms with Crippen LogP contribution in [-0.4, -0.2) is 59.7 Å². The van der Waals surface area contributed by atoms with E-state index in [1.807, 2.05) is 42.5 Å². The Kier molecular flexibility index (Phi) is 8.33. The summed E-state index contributed by atoms with van der Waals surface area (Å²) in [7, 11) is -3.32. The summed E-state index contributed by atoms with van der Waals surface area (Å²) in [6.45, 7) is 2.51.